The van der Waals surface area contributed by atoms with Crippen LogP contribution >= 0.6 is 0 Å². The molecule has 0 unspecified atom stereocenters. The third-order valence-corrected chi connectivity index (χ3v) is 8.29. The smallest absolute Gasteiger partial charge is 0.243 e. The molecule has 180 valence electrons. The molecule has 0 aromatic heterocycles. The van der Waals surface area contributed by atoms with Gasteiger partial charge in [0.2, 0.25) is 26.0 Å². The van der Waals surface area contributed by atoms with Gasteiger partial charge in [0, 0.05) is 19.6 Å². The Bertz CT molecular complexity index is 1190. The molecule has 1 amide bonds. The molecule has 1 atom stereocenters. The summed E-state index contributed by atoms with van der Waals surface area (Å²) in [6.45, 7) is 3.35. The predicted molar refractivity (Wildman–Crippen MR) is 121 cm³/mol. The molecule has 3 rings (SSSR count). The van der Waals surface area contributed by atoms with Crippen LogP contribution in [0.2, 0.25) is 0 Å². The third-order valence-electron chi connectivity index (χ3n) is 5.45. The third kappa shape index (κ3) is 6.58. The highest BCUT2D eigenvalue weighted by Gasteiger charge is 2.27. The molecule has 0 spiro atoms. The number of carbonyl (C=O) groups is 1. The van der Waals surface area contributed by atoms with Crippen molar-refractivity contribution in [1.82, 2.24) is 14.5 Å². The van der Waals surface area contributed by atoms with Crippen LogP contribution in [0.25, 0.3) is 0 Å². The maximum atomic E-state index is 13.1. The van der Waals surface area contributed by atoms with Crippen LogP contribution in [-0.4, -0.2) is 64.7 Å². The van der Waals surface area contributed by atoms with E-state index < -0.39 is 25.9 Å². The van der Waals surface area contributed by atoms with Gasteiger partial charge in [-0.25, -0.2) is 26.4 Å². The van der Waals surface area contributed by atoms with E-state index in [1.807, 2.05) is 4.90 Å². The van der Waals surface area contributed by atoms with E-state index in [4.69, 9.17) is 5.14 Å². The Labute approximate surface area is 193 Å². The second-order valence-electron chi connectivity index (χ2n) is 7.89. The minimum atomic E-state index is -3.78. The monoisotopic (exact) mass is 498 g/mol. The molecule has 1 heterocycles. The van der Waals surface area contributed by atoms with Gasteiger partial charge in [0.15, 0.2) is 0 Å². The van der Waals surface area contributed by atoms with Gasteiger partial charge in [-0.2, -0.15) is 4.31 Å². The molecule has 3 N–H and O–H groups in total. The first-order valence-electron chi connectivity index (χ1n) is 10.4. The fraction of sp³-hybridized carbons (Fsp3) is 0.381. The van der Waals surface area contributed by atoms with Crippen LogP contribution in [0, 0.1) is 5.82 Å². The van der Waals surface area contributed by atoms with E-state index >= 15 is 0 Å². The molecule has 9 nitrogen and oxygen atoms in total. The number of sulfonamides is 2. The quantitative estimate of drug-likeness (QED) is 0.587. The molecule has 0 bridgehead atoms. The molecular weight excluding hydrogens is 471 g/mol. The molecule has 1 saturated heterocycles. The lowest BCUT2D eigenvalue weighted by Gasteiger charge is -2.22. The van der Waals surface area contributed by atoms with E-state index in [1.54, 1.807) is 19.1 Å². The molecule has 1 fully saturated rings. The first kappa shape index (κ1) is 25.2. The summed E-state index contributed by atoms with van der Waals surface area (Å²) in [6.07, 6.45) is 0.554. The number of hydrogen-bond donors (Lipinski definition) is 2. The number of benzene rings is 2. The first-order chi connectivity index (χ1) is 15.5. The molecule has 1 aliphatic heterocycles. The fourth-order valence-electron chi connectivity index (χ4n) is 3.62. The number of nitrogens with zero attached hydrogens (tertiary/aromatic N) is 2. The molecule has 12 heteroatoms. The van der Waals surface area contributed by atoms with Crippen molar-refractivity contribution in [1.29, 1.82) is 0 Å². The maximum absolute atomic E-state index is 13.1. The Morgan fingerprint density at radius 3 is 2.18 bits per heavy atom. The molecule has 2 aromatic carbocycles. The summed E-state index contributed by atoms with van der Waals surface area (Å²) in [7, 11) is -7.52. The number of primary sulfonamides is 1. The van der Waals surface area contributed by atoms with Crippen LogP contribution in [0.3, 0.4) is 0 Å². The average Bonchev–Trinajstić information content (AvgIpc) is 2.99. The topological polar surface area (TPSA) is 130 Å². The second-order valence-corrected chi connectivity index (χ2v) is 11.4. The SMILES string of the molecule is C[C@@H](NC(=O)CN1CCCN(S(=O)(=O)c2ccc(F)cc2)CC1)c1ccc(S(N)(=O)=O)cc1. The minimum Gasteiger partial charge on any atom is -0.348 e. The van der Waals surface area contributed by atoms with Crippen molar-refractivity contribution < 1.29 is 26.0 Å². The van der Waals surface area contributed by atoms with Gasteiger partial charge in [0.1, 0.15) is 5.82 Å². The molecule has 2 aromatic rings. The Morgan fingerprint density at radius 1 is 0.970 bits per heavy atom. The lowest BCUT2D eigenvalue weighted by molar-refractivity contribution is -0.122. The Balaban J connectivity index is 1.55. The zero-order valence-corrected chi connectivity index (χ0v) is 19.8. The Hall–Kier alpha value is -2.38. The van der Waals surface area contributed by atoms with E-state index in [0.29, 0.717) is 26.1 Å². The molecule has 1 aliphatic rings. The summed E-state index contributed by atoms with van der Waals surface area (Å²) < 4.78 is 62.9. The van der Waals surface area contributed by atoms with E-state index in [-0.39, 0.29) is 34.8 Å². The maximum Gasteiger partial charge on any atom is 0.243 e. The lowest BCUT2D eigenvalue weighted by Crippen LogP contribution is -2.40. The molecule has 0 aliphatic carbocycles. The van der Waals surface area contributed by atoms with Crippen molar-refractivity contribution >= 4 is 26.0 Å². The highest BCUT2D eigenvalue weighted by Crippen LogP contribution is 2.19. The van der Waals surface area contributed by atoms with Crippen molar-refractivity contribution in [3.05, 3.63) is 59.9 Å². The number of nitrogens with one attached hydrogen (secondary N) is 1. The van der Waals surface area contributed by atoms with Crippen LogP contribution in [0.15, 0.2) is 58.3 Å². The largest absolute Gasteiger partial charge is 0.348 e. The van der Waals surface area contributed by atoms with E-state index in [0.717, 1.165) is 17.7 Å². The summed E-state index contributed by atoms with van der Waals surface area (Å²) in [5, 5.41) is 7.96. The number of carbonyl (C=O) groups excluding carboxylic acids is 1. The van der Waals surface area contributed by atoms with Crippen LogP contribution in [-0.2, 0) is 24.8 Å². The summed E-state index contributed by atoms with van der Waals surface area (Å²) in [4.78, 5) is 14.4. The van der Waals surface area contributed by atoms with Gasteiger partial charge in [0.05, 0.1) is 22.4 Å². The van der Waals surface area contributed by atoms with Crippen LogP contribution < -0.4 is 10.5 Å². The average molecular weight is 499 g/mol. The van der Waals surface area contributed by atoms with Crippen molar-refractivity contribution in [2.45, 2.75) is 29.2 Å². The first-order valence-corrected chi connectivity index (χ1v) is 13.4. The standard InChI is InChI=1S/C21H27FN4O5S2/c1-16(17-3-7-19(8-4-17)32(23,28)29)24-21(27)15-25-11-2-12-26(14-13-25)33(30,31)20-9-5-18(22)6-10-20/h3-10,16H,2,11-15H2,1H3,(H,24,27)(H2,23,28,29)/t16-/m1/s1. The molecule has 33 heavy (non-hydrogen) atoms. The van der Waals surface area contributed by atoms with E-state index in [2.05, 4.69) is 5.32 Å². The van der Waals surface area contributed by atoms with Crippen LogP contribution in [0.4, 0.5) is 4.39 Å². The van der Waals surface area contributed by atoms with Gasteiger partial charge in [-0.3, -0.25) is 9.69 Å². The number of hydrogen-bond acceptors (Lipinski definition) is 6. The molecule has 0 radical (unpaired) electrons. The molecule has 0 saturated carbocycles. The number of nitrogens with two attached hydrogens (primary N) is 1. The Kier molecular flexibility index (Phi) is 7.85. The van der Waals surface area contributed by atoms with Crippen molar-refractivity contribution in [2.24, 2.45) is 5.14 Å². The second kappa shape index (κ2) is 10.3. The van der Waals surface area contributed by atoms with Gasteiger partial charge in [-0.1, -0.05) is 12.1 Å². The van der Waals surface area contributed by atoms with Gasteiger partial charge in [-0.05, 0) is 61.9 Å². The number of amides is 1. The predicted octanol–water partition coefficient (Wildman–Crippen LogP) is 1.05. The zero-order chi connectivity index (χ0) is 24.2. The van der Waals surface area contributed by atoms with Gasteiger partial charge >= 0.3 is 0 Å². The van der Waals surface area contributed by atoms with Crippen molar-refractivity contribution in [3.63, 3.8) is 0 Å². The summed E-state index contributed by atoms with van der Waals surface area (Å²) in [5.41, 5.74) is 0.725. The number of rotatable bonds is 7. The van der Waals surface area contributed by atoms with Gasteiger partial charge < -0.3 is 5.32 Å². The van der Waals surface area contributed by atoms with E-state index in [9.17, 15) is 26.0 Å². The molecular formula is C21H27FN4O5S2. The van der Waals surface area contributed by atoms with Gasteiger partial charge in [-0.15, -0.1) is 0 Å². The van der Waals surface area contributed by atoms with Crippen LogP contribution in [0.5, 0.6) is 0 Å². The Morgan fingerprint density at radius 2 is 1.58 bits per heavy atom. The van der Waals surface area contributed by atoms with Crippen molar-refractivity contribution in [2.75, 3.05) is 32.7 Å². The lowest BCUT2D eigenvalue weighted by atomic mass is 10.1. The number of halogens is 1. The summed E-state index contributed by atoms with van der Waals surface area (Å²) in [5.74, 6) is -0.732. The van der Waals surface area contributed by atoms with E-state index in [1.165, 1.54) is 28.6 Å². The minimum absolute atomic E-state index is 0.00510. The van der Waals surface area contributed by atoms with Crippen molar-refractivity contribution in [3.8, 4) is 0 Å². The zero-order valence-electron chi connectivity index (χ0n) is 18.1. The summed E-state index contributed by atoms with van der Waals surface area (Å²) >= 11 is 0. The summed E-state index contributed by atoms with van der Waals surface area (Å²) in [6, 6.07) is 10.3. The normalized spacial score (nSPS) is 17.3. The van der Waals surface area contributed by atoms with Gasteiger partial charge in [0.25, 0.3) is 0 Å². The highest BCUT2D eigenvalue weighted by atomic mass is 32.2. The van der Waals surface area contributed by atoms with Crippen LogP contribution in [0.1, 0.15) is 24.9 Å². The fourth-order valence-corrected chi connectivity index (χ4v) is 5.61. The highest BCUT2D eigenvalue weighted by molar-refractivity contribution is 7.89.